The normalized spacial score (nSPS) is 10.9. The number of amides is 2. The van der Waals surface area contributed by atoms with E-state index in [2.05, 4.69) is 5.32 Å². The maximum absolute atomic E-state index is 12.4. The van der Waals surface area contributed by atoms with E-state index in [1.165, 1.54) is 0 Å². The highest BCUT2D eigenvalue weighted by atomic mass is 16.2. The highest BCUT2D eigenvalue weighted by Crippen LogP contribution is 2.06. The van der Waals surface area contributed by atoms with Crippen LogP contribution in [0.5, 0.6) is 0 Å². The van der Waals surface area contributed by atoms with E-state index in [0.717, 1.165) is 11.1 Å². The van der Waals surface area contributed by atoms with Gasteiger partial charge in [-0.05, 0) is 23.0 Å². The first-order valence-corrected chi connectivity index (χ1v) is 8.18. The fraction of sp³-hybridized carbons (Fsp3) is 0.556. The Morgan fingerprint density at radius 1 is 1.09 bits per heavy atom. The molecule has 0 fully saturated rings. The lowest BCUT2D eigenvalue weighted by molar-refractivity contribution is -0.146. The number of carbonyl (C=O) groups is 2. The Morgan fingerprint density at radius 3 is 2.17 bits per heavy atom. The van der Waals surface area contributed by atoms with Crippen molar-refractivity contribution in [3.05, 3.63) is 35.4 Å². The third kappa shape index (κ3) is 6.82. The fourth-order valence-electron chi connectivity index (χ4n) is 2.39. The summed E-state index contributed by atoms with van der Waals surface area (Å²) in [6, 6.07) is 7.67. The summed E-state index contributed by atoms with van der Waals surface area (Å²) in [4.78, 5) is 26.1. The second-order valence-corrected chi connectivity index (χ2v) is 6.70. The van der Waals surface area contributed by atoms with E-state index in [4.69, 9.17) is 5.73 Å². The molecule has 0 saturated carbocycles. The summed E-state index contributed by atoms with van der Waals surface area (Å²) >= 11 is 0. The Kier molecular flexibility index (Phi) is 7.75. The maximum Gasteiger partial charge on any atom is 0.311 e. The van der Waals surface area contributed by atoms with E-state index in [1.54, 1.807) is 4.90 Å². The van der Waals surface area contributed by atoms with Gasteiger partial charge in [0.1, 0.15) is 0 Å². The van der Waals surface area contributed by atoms with Crippen molar-refractivity contribution < 1.29 is 9.59 Å². The number of nitrogens with one attached hydrogen (secondary N) is 1. The first kappa shape index (κ1) is 19.2. The summed E-state index contributed by atoms with van der Waals surface area (Å²) in [5.74, 6) is -0.356. The van der Waals surface area contributed by atoms with Gasteiger partial charge in [0, 0.05) is 26.2 Å². The van der Waals surface area contributed by atoms with E-state index in [1.807, 2.05) is 52.0 Å². The molecular formula is C18H29N3O2. The summed E-state index contributed by atoms with van der Waals surface area (Å²) in [5.41, 5.74) is 7.55. The van der Waals surface area contributed by atoms with Gasteiger partial charge in [-0.2, -0.15) is 0 Å². The van der Waals surface area contributed by atoms with Crippen molar-refractivity contribution in [1.29, 1.82) is 0 Å². The lowest BCUT2D eigenvalue weighted by atomic mass is 10.1. The molecule has 23 heavy (non-hydrogen) atoms. The molecule has 0 aliphatic rings. The molecule has 0 aliphatic carbocycles. The third-order valence-electron chi connectivity index (χ3n) is 3.33. The molecule has 0 aliphatic heterocycles. The van der Waals surface area contributed by atoms with E-state index in [0.29, 0.717) is 38.0 Å². The highest BCUT2D eigenvalue weighted by Gasteiger charge is 2.22. The molecule has 0 aromatic heterocycles. The Bertz CT molecular complexity index is 517. The Labute approximate surface area is 139 Å². The summed E-state index contributed by atoms with van der Waals surface area (Å²) in [6.45, 7) is 10.1. The van der Waals surface area contributed by atoms with E-state index in [9.17, 15) is 9.59 Å². The van der Waals surface area contributed by atoms with Crippen LogP contribution in [0.3, 0.4) is 0 Å². The Morgan fingerprint density at radius 2 is 1.65 bits per heavy atom. The van der Waals surface area contributed by atoms with Gasteiger partial charge >= 0.3 is 11.8 Å². The SMILES string of the molecule is CC(C)CN(CC(C)C)C(=O)C(=O)NCc1cccc(CN)c1. The Hall–Kier alpha value is -1.88. The summed E-state index contributed by atoms with van der Waals surface area (Å²) in [7, 11) is 0. The average Bonchev–Trinajstić information content (AvgIpc) is 2.50. The zero-order valence-electron chi connectivity index (χ0n) is 14.6. The van der Waals surface area contributed by atoms with Crippen LogP contribution < -0.4 is 11.1 Å². The molecule has 0 atom stereocenters. The minimum atomic E-state index is -0.551. The molecule has 2 amide bonds. The van der Waals surface area contributed by atoms with Crippen molar-refractivity contribution in [2.45, 2.75) is 40.8 Å². The largest absolute Gasteiger partial charge is 0.344 e. The van der Waals surface area contributed by atoms with Gasteiger partial charge in [0.25, 0.3) is 0 Å². The number of benzene rings is 1. The van der Waals surface area contributed by atoms with Crippen molar-refractivity contribution in [1.82, 2.24) is 10.2 Å². The van der Waals surface area contributed by atoms with Gasteiger partial charge in [0.2, 0.25) is 0 Å². The van der Waals surface area contributed by atoms with Gasteiger partial charge in [-0.25, -0.2) is 0 Å². The number of nitrogens with zero attached hydrogens (tertiary/aromatic N) is 1. The number of hydrogen-bond donors (Lipinski definition) is 2. The summed E-state index contributed by atoms with van der Waals surface area (Å²) in [5, 5.41) is 2.71. The zero-order valence-corrected chi connectivity index (χ0v) is 14.6. The molecule has 3 N–H and O–H groups in total. The third-order valence-corrected chi connectivity index (χ3v) is 3.33. The highest BCUT2D eigenvalue weighted by molar-refractivity contribution is 6.34. The molecule has 0 heterocycles. The zero-order chi connectivity index (χ0) is 17.4. The van der Waals surface area contributed by atoms with Gasteiger partial charge in [-0.15, -0.1) is 0 Å². The first-order chi connectivity index (χ1) is 10.8. The molecule has 0 unspecified atom stereocenters. The second-order valence-electron chi connectivity index (χ2n) is 6.70. The quantitative estimate of drug-likeness (QED) is 0.754. The van der Waals surface area contributed by atoms with Crippen LogP contribution in [0.25, 0.3) is 0 Å². The summed E-state index contributed by atoms with van der Waals surface area (Å²) < 4.78 is 0. The van der Waals surface area contributed by atoms with E-state index < -0.39 is 11.8 Å². The van der Waals surface area contributed by atoms with Gasteiger partial charge in [-0.3, -0.25) is 9.59 Å². The minimum absolute atomic E-state index is 0.326. The standard InChI is InChI=1S/C18H29N3O2/c1-13(2)11-21(12-14(3)4)18(23)17(22)20-10-16-7-5-6-15(8-16)9-19/h5-8,13-14H,9-12,19H2,1-4H3,(H,20,22). The maximum atomic E-state index is 12.4. The van der Waals surface area contributed by atoms with Gasteiger partial charge in [0.05, 0.1) is 0 Å². The second kappa shape index (κ2) is 9.30. The van der Waals surface area contributed by atoms with Crippen LogP contribution in [0.1, 0.15) is 38.8 Å². The molecule has 0 saturated heterocycles. The van der Waals surface area contributed by atoms with Crippen LogP contribution in [0, 0.1) is 11.8 Å². The number of rotatable bonds is 7. The van der Waals surface area contributed by atoms with Crippen molar-refractivity contribution in [3.63, 3.8) is 0 Å². The van der Waals surface area contributed by atoms with Crippen molar-refractivity contribution >= 4 is 11.8 Å². The first-order valence-electron chi connectivity index (χ1n) is 8.18. The predicted octanol–water partition coefficient (Wildman–Crippen LogP) is 1.90. The smallest absolute Gasteiger partial charge is 0.311 e. The topological polar surface area (TPSA) is 75.4 Å². The lowest BCUT2D eigenvalue weighted by Gasteiger charge is -2.25. The molecule has 0 bridgehead atoms. The van der Waals surface area contributed by atoms with Crippen LogP contribution in [0.4, 0.5) is 0 Å². The van der Waals surface area contributed by atoms with Gasteiger partial charge in [0.15, 0.2) is 0 Å². The Balaban J connectivity index is 2.64. The monoisotopic (exact) mass is 319 g/mol. The van der Waals surface area contributed by atoms with Gasteiger partial charge < -0.3 is 16.0 Å². The van der Waals surface area contributed by atoms with Crippen molar-refractivity contribution in [3.8, 4) is 0 Å². The fourth-order valence-corrected chi connectivity index (χ4v) is 2.39. The van der Waals surface area contributed by atoms with Gasteiger partial charge in [-0.1, -0.05) is 52.0 Å². The minimum Gasteiger partial charge on any atom is -0.344 e. The molecule has 0 radical (unpaired) electrons. The van der Waals surface area contributed by atoms with Crippen LogP contribution >= 0.6 is 0 Å². The van der Waals surface area contributed by atoms with Crippen LogP contribution in [-0.4, -0.2) is 29.8 Å². The number of hydrogen-bond acceptors (Lipinski definition) is 3. The van der Waals surface area contributed by atoms with Crippen molar-refractivity contribution in [2.75, 3.05) is 13.1 Å². The lowest BCUT2D eigenvalue weighted by Crippen LogP contribution is -2.45. The van der Waals surface area contributed by atoms with E-state index in [-0.39, 0.29) is 0 Å². The molecule has 5 nitrogen and oxygen atoms in total. The van der Waals surface area contributed by atoms with Crippen LogP contribution in [0.2, 0.25) is 0 Å². The molecule has 1 aromatic carbocycles. The summed E-state index contributed by atoms with van der Waals surface area (Å²) in [6.07, 6.45) is 0. The molecule has 1 rings (SSSR count). The van der Waals surface area contributed by atoms with E-state index >= 15 is 0 Å². The molecule has 1 aromatic rings. The van der Waals surface area contributed by atoms with Crippen LogP contribution in [0.15, 0.2) is 24.3 Å². The predicted molar refractivity (Wildman–Crippen MR) is 92.4 cm³/mol. The molecule has 5 heteroatoms. The molecule has 128 valence electrons. The van der Waals surface area contributed by atoms with Crippen molar-refractivity contribution in [2.24, 2.45) is 17.6 Å². The number of nitrogens with two attached hydrogens (primary N) is 1. The average molecular weight is 319 g/mol. The molecular weight excluding hydrogens is 290 g/mol. The number of carbonyl (C=O) groups excluding carboxylic acids is 2. The molecule has 0 spiro atoms. The van der Waals surface area contributed by atoms with Crippen LogP contribution in [-0.2, 0) is 22.7 Å².